The second-order valence-corrected chi connectivity index (χ2v) is 4.88. The number of nitrogens with one attached hydrogen (secondary N) is 1. The molecule has 0 atom stereocenters. The summed E-state index contributed by atoms with van der Waals surface area (Å²) in [4.78, 5) is 22.3. The van der Waals surface area contributed by atoms with Crippen LogP contribution in [0.5, 0.6) is 0 Å². The lowest BCUT2D eigenvalue weighted by atomic mass is 10.1. The van der Waals surface area contributed by atoms with Gasteiger partial charge in [0.05, 0.1) is 6.42 Å². The number of rotatable bonds is 5. The van der Waals surface area contributed by atoms with E-state index in [0.29, 0.717) is 11.4 Å². The summed E-state index contributed by atoms with van der Waals surface area (Å²) in [7, 11) is 0. The Hall–Kier alpha value is -2.21. The molecule has 0 saturated heterocycles. The van der Waals surface area contributed by atoms with Crippen LogP contribution >= 0.6 is 11.3 Å². The van der Waals surface area contributed by atoms with Crippen LogP contribution < -0.4 is 9.88 Å². The van der Waals surface area contributed by atoms with Gasteiger partial charge in [0, 0.05) is 0 Å². The number of aliphatic carboxylic acids is 1. The van der Waals surface area contributed by atoms with E-state index in [1.165, 1.54) is 15.9 Å². The van der Waals surface area contributed by atoms with Gasteiger partial charge in [0.25, 0.3) is 0 Å². The van der Waals surface area contributed by atoms with Crippen molar-refractivity contribution in [1.29, 1.82) is 0 Å². The summed E-state index contributed by atoms with van der Waals surface area (Å²) in [6.07, 6.45) is 1.92. The highest BCUT2D eigenvalue weighted by Crippen LogP contribution is 2.12. The lowest BCUT2D eigenvalue weighted by Crippen LogP contribution is -2.35. The van der Waals surface area contributed by atoms with Crippen LogP contribution in [0.4, 0.5) is 5.00 Å². The average Bonchev–Trinajstić information content (AvgIpc) is 2.76. The van der Waals surface area contributed by atoms with E-state index >= 15 is 0 Å². The number of amides is 1. The molecule has 98 valence electrons. The summed E-state index contributed by atoms with van der Waals surface area (Å²) in [5.41, 5.74) is 2.60. The second kappa shape index (κ2) is 6.10. The van der Waals surface area contributed by atoms with E-state index in [4.69, 9.17) is 5.11 Å². The average molecular weight is 277 g/mol. The maximum Gasteiger partial charge on any atom is 0.370 e. The topological polar surface area (TPSA) is 70.3 Å². The molecule has 0 saturated carbocycles. The number of carboxylic acid groups (broad SMARTS) is 1. The van der Waals surface area contributed by atoms with E-state index in [9.17, 15) is 9.59 Å². The Bertz CT molecular complexity index is 581. The van der Waals surface area contributed by atoms with Crippen LogP contribution in [0.1, 0.15) is 5.56 Å². The molecule has 0 aliphatic carbocycles. The molecule has 5 nitrogen and oxygen atoms in total. The third-order valence-electron chi connectivity index (χ3n) is 2.39. The number of anilines is 1. The minimum Gasteiger partial charge on any atom is -0.477 e. The first-order valence-electron chi connectivity index (χ1n) is 5.66. The van der Waals surface area contributed by atoms with Gasteiger partial charge in [-0.3, -0.25) is 4.79 Å². The molecule has 1 aromatic heterocycles. The Kier molecular flexibility index (Phi) is 4.25. The molecule has 2 N–H and O–H groups in total. The van der Waals surface area contributed by atoms with Gasteiger partial charge < -0.3 is 10.4 Å². The molecule has 0 unspecified atom stereocenters. The molecule has 0 bridgehead atoms. The van der Waals surface area contributed by atoms with Gasteiger partial charge in [-0.15, -0.1) is 0 Å². The van der Waals surface area contributed by atoms with Crippen molar-refractivity contribution in [3.8, 4) is 0 Å². The maximum absolute atomic E-state index is 11.8. The van der Waals surface area contributed by atoms with Crippen molar-refractivity contribution < 1.29 is 19.3 Å². The Morgan fingerprint density at radius 2 is 2.00 bits per heavy atom. The minimum atomic E-state index is -0.912. The van der Waals surface area contributed by atoms with Crippen molar-refractivity contribution in [1.82, 2.24) is 0 Å². The zero-order valence-corrected chi connectivity index (χ0v) is 10.9. The maximum atomic E-state index is 11.8. The SMILES string of the molecule is O=C(O)C[n+]1csc(NC(=O)Cc2ccccc2)c1. The number of aromatic nitrogens is 1. The quantitative estimate of drug-likeness (QED) is 0.809. The first kappa shape index (κ1) is 13.2. The summed E-state index contributed by atoms with van der Waals surface area (Å²) < 4.78 is 1.52. The fraction of sp³-hybridized carbons (Fsp3) is 0.154. The summed E-state index contributed by atoms with van der Waals surface area (Å²) in [6, 6.07) is 9.44. The standard InChI is InChI=1S/C13H12N2O3S/c16-11(6-10-4-2-1-3-5-10)14-12-7-15(9-19-12)8-13(17)18/h1-5,7,9H,6,8H2,(H-,14,16,17,18)/p+1. The van der Waals surface area contributed by atoms with Gasteiger partial charge in [-0.25, -0.2) is 4.79 Å². The van der Waals surface area contributed by atoms with Gasteiger partial charge in [0.15, 0.2) is 5.00 Å². The van der Waals surface area contributed by atoms with Crippen molar-refractivity contribution in [3.63, 3.8) is 0 Å². The number of carbonyl (C=O) groups excluding carboxylic acids is 1. The van der Waals surface area contributed by atoms with Crippen LogP contribution in [0.3, 0.4) is 0 Å². The first-order chi connectivity index (χ1) is 9.13. The largest absolute Gasteiger partial charge is 0.477 e. The first-order valence-corrected chi connectivity index (χ1v) is 6.54. The number of carboxylic acids is 1. The van der Waals surface area contributed by atoms with E-state index in [2.05, 4.69) is 5.32 Å². The lowest BCUT2D eigenvalue weighted by molar-refractivity contribution is -0.680. The van der Waals surface area contributed by atoms with E-state index in [1.807, 2.05) is 30.3 Å². The summed E-state index contributed by atoms with van der Waals surface area (Å²) in [5.74, 6) is -1.03. The zero-order chi connectivity index (χ0) is 13.7. The van der Waals surface area contributed by atoms with Gasteiger partial charge in [-0.2, -0.15) is 4.57 Å². The third kappa shape index (κ3) is 4.18. The van der Waals surface area contributed by atoms with Crippen LogP contribution in [0, 0.1) is 0 Å². The molecule has 1 heterocycles. The number of hydrogen-bond donors (Lipinski definition) is 2. The van der Waals surface area contributed by atoms with Crippen molar-refractivity contribution in [2.45, 2.75) is 13.0 Å². The van der Waals surface area contributed by atoms with Crippen LogP contribution in [-0.2, 0) is 22.6 Å². The lowest BCUT2D eigenvalue weighted by Gasteiger charge is -2.00. The molecular weight excluding hydrogens is 264 g/mol. The Morgan fingerprint density at radius 1 is 1.26 bits per heavy atom. The van der Waals surface area contributed by atoms with Crippen LogP contribution in [0.2, 0.25) is 0 Å². The van der Waals surface area contributed by atoms with Crippen molar-refractivity contribution in [2.75, 3.05) is 5.32 Å². The smallest absolute Gasteiger partial charge is 0.370 e. The molecule has 6 heteroatoms. The molecule has 1 amide bonds. The molecule has 2 rings (SSSR count). The van der Waals surface area contributed by atoms with Crippen molar-refractivity contribution in [3.05, 3.63) is 47.6 Å². The zero-order valence-electron chi connectivity index (χ0n) is 10.1. The van der Waals surface area contributed by atoms with E-state index in [1.54, 1.807) is 11.7 Å². The molecule has 0 fully saturated rings. The van der Waals surface area contributed by atoms with Gasteiger partial charge in [0.1, 0.15) is 0 Å². The summed E-state index contributed by atoms with van der Waals surface area (Å²) in [5, 5.41) is 12.0. The van der Waals surface area contributed by atoms with E-state index in [-0.39, 0.29) is 12.5 Å². The highest BCUT2D eigenvalue weighted by Gasteiger charge is 2.13. The molecule has 1 aromatic carbocycles. The predicted octanol–water partition coefficient (Wildman–Crippen LogP) is 1.30. The van der Waals surface area contributed by atoms with Gasteiger partial charge in [0.2, 0.25) is 24.2 Å². The van der Waals surface area contributed by atoms with Crippen LogP contribution in [-0.4, -0.2) is 17.0 Å². The Morgan fingerprint density at radius 3 is 2.68 bits per heavy atom. The van der Waals surface area contributed by atoms with Crippen LogP contribution in [0.25, 0.3) is 0 Å². The number of nitrogens with zero attached hydrogens (tertiary/aromatic N) is 1. The predicted molar refractivity (Wildman–Crippen MR) is 70.9 cm³/mol. The number of thiazole rings is 1. The molecule has 0 aliphatic rings. The highest BCUT2D eigenvalue weighted by atomic mass is 32.1. The summed E-state index contributed by atoms with van der Waals surface area (Å²) in [6.45, 7) is -0.106. The van der Waals surface area contributed by atoms with Crippen molar-refractivity contribution >= 4 is 28.2 Å². The number of hydrogen-bond acceptors (Lipinski definition) is 3. The normalized spacial score (nSPS) is 10.1. The minimum absolute atomic E-state index is 0.106. The molecular formula is C13H13N2O3S+. The van der Waals surface area contributed by atoms with E-state index < -0.39 is 5.97 Å². The Labute approximate surface area is 114 Å². The van der Waals surface area contributed by atoms with E-state index in [0.717, 1.165) is 5.56 Å². The van der Waals surface area contributed by atoms with Gasteiger partial charge in [-0.05, 0) is 5.56 Å². The number of benzene rings is 1. The van der Waals surface area contributed by atoms with Crippen molar-refractivity contribution in [2.24, 2.45) is 0 Å². The molecule has 0 aliphatic heterocycles. The van der Waals surface area contributed by atoms with Gasteiger partial charge >= 0.3 is 5.97 Å². The summed E-state index contributed by atoms with van der Waals surface area (Å²) >= 11 is 1.30. The Balaban J connectivity index is 1.92. The fourth-order valence-electron chi connectivity index (χ4n) is 1.60. The monoisotopic (exact) mass is 277 g/mol. The van der Waals surface area contributed by atoms with Crippen LogP contribution in [0.15, 0.2) is 42.0 Å². The molecule has 0 radical (unpaired) electrons. The molecule has 0 spiro atoms. The second-order valence-electron chi connectivity index (χ2n) is 3.99. The number of carbonyl (C=O) groups is 2. The third-order valence-corrected chi connectivity index (χ3v) is 3.22. The van der Waals surface area contributed by atoms with Gasteiger partial charge in [-0.1, -0.05) is 41.7 Å². The highest BCUT2D eigenvalue weighted by molar-refractivity contribution is 7.13. The molecule has 19 heavy (non-hydrogen) atoms. The molecule has 2 aromatic rings. The fourth-order valence-corrected chi connectivity index (χ4v) is 2.35.